The molecule has 8 heteroatoms. The molecule has 0 unspecified atom stereocenters. The van der Waals surface area contributed by atoms with Gasteiger partial charge in [0.1, 0.15) is 24.0 Å². The first kappa shape index (κ1) is 22.9. The zero-order valence-electron chi connectivity index (χ0n) is 17.5. The summed E-state index contributed by atoms with van der Waals surface area (Å²) in [6.07, 6.45) is 6.17. The lowest BCUT2D eigenvalue weighted by Gasteiger charge is -2.21. The number of aryl methyl sites for hydroxylation is 1. The molecule has 0 saturated carbocycles. The fourth-order valence-corrected chi connectivity index (χ4v) is 3.71. The van der Waals surface area contributed by atoms with E-state index in [0.717, 1.165) is 0 Å². The first-order chi connectivity index (χ1) is 14.1. The van der Waals surface area contributed by atoms with Crippen molar-refractivity contribution in [3.8, 4) is 12.1 Å². The zero-order chi connectivity index (χ0) is 22.5. The molecule has 0 aromatic carbocycles. The van der Waals surface area contributed by atoms with Gasteiger partial charge in [0.2, 0.25) is 5.89 Å². The van der Waals surface area contributed by atoms with E-state index in [4.69, 9.17) is 4.42 Å². The molecule has 0 spiro atoms. The third-order valence-electron chi connectivity index (χ3n) is 4.25. The van der Waals surface area contributed by atoms with Crippen molar-refractivity contribution < 1.29 is 14.0 Å². The molecule has 0 amide bonds. The Morgan fingerprint density at radius 1 is 1.23 bits per heavy atom. The summed E-state index contributed by atoms with van der Waals surface area (Å²) in [5.41, 5.74) is -0.214. The van der Waals surface area contributed by atoms with Gasteiger partial charge >= 0.3 is 0 Å². The van der Waals surface area contributed by atoms with Crippen molar-refractivity contribution in [1.29, 1.82) is 10.5 Å². The molecule has 2 aromatic heterocycles. The van der Waals surface area contributed by atoms with Crippen molar-refractivity contribution in [2.45, 2.75) is 41.0 Å². The van der Waals surface area contributed by atoms with Gasteiger partial charge in [0.25, 0.3) is 0 Å². The number of thiazole rings is 1. The second kappa shape index (κ2) is 9.43. The standard InChI is InChI=1S/C22H22N4O3S/c1-13(2)20(27)15(9-23)6-17-11-25-19(30-17)8-22(4,5)21(28)16(10-24)7-18-26-14(3)12-29-18/h6-7,11-13H,8H2,1-5H3/b15-6+,16-7+. The number of aromatic nitrogens is 2. The molecule has 0 fully saturated rings. The van der Waals surface area contributed by atoms with Crippen LogP contribution in [0.2, 0.25) is 0 Å². The van der Waals surface area contributed by atoms with Crippen LogP contribution < -0.4 is 0 Å². The second-order valence-corrected chi connectivity index (χ2v) is 8.88. The van der Waals surface area contributed by atoms with E-state index in [-0.39, 0.29) is 34.5 Å². The van der Waals surface area contributed by atoms with Crippen LogP contribution >= 0.6 is 11.3 Å². The van der Waals surface area contributed by atoms with Crippen molar-refractivity contribution in [3.05, 3.63) is 45.1 Å². The van der Waals surface area contributed by atoms with Crippen molar-refractivity contribution in [3.63, 3.8) is 0 Å². The van der Waals surface area contributed by atoms with Crippen LogP contribution in [0.1, 0.15) is 49.2 Å². The summed E-state index contributed by atoms with van der Waals surface area (Å²) < 4.78 is 5.20. The highest BCUT2D eigenvalue weighted by atomic mass is 32.1. The van der Waals surface area contributed by atoms with Crippen LogP contribution in [0.3, 0.4) is 0 Å². The molecular formula is C22H22N4O3S. The second-order valence-electron chi connectivity index (χ2n) is 7.73. The molecule has 0 N–H and O–H groups in total. The van der Waals surface area contributed by atoms with E-state index in [1.165, 1.54) is 29.8 Å². The van der Waals surface area contributed by atoms with Gasteiger partial charge in [-0.3, -0.25) is 9.59 Å². The molecule has 30 heavy (non-hydrogen) atoms. The Labute approximate surface area is 179 Å². The number of ketones is 2. The van der Waals surface area contributed by atoms with E-state index < -0.39 is 5.41 Å². The molecule has 0 bridgehead atoms. The highest BCUT2D eigenvalue weighted by Gasteiger charge is 2.32. The van der Waals surface area contributed by atoms with Gasteiger partial charge in [0.15, 0.2) is 11.6 Å². The molecule has 0 saturated heterocycles. The van der Waals surface area contributed by atoms with E-state index in [1.54, 1.807) is 40.8 Å². The zero-order valence-corrected chi connectivity index (χ0v) is 18.3. The van der Waals surface area contributed by atoms with Gasteiger partial charge < -0.3 is 4.42 Å². The third-order valence-corrected chi connectivity index (χ3v) is 5.19. The highest BCUT2D eigenvalue weighted by molar-refractivity contribution is 7.12. The van der Waals surface area contributed by atoms with Crippen LogP contribution in [0.5, 0.6) is 0 Å². The minimum Gasteiger partial charge on any atom is -0.445 e. The Balaban J connectivity index is 2.22. The molecule has 7 nitrogen and oxygen atoms in total. The van der Waals surface area contributed by atoms with Crippen molar-refractivity contribution in [2.24, 2.45) is 11.3 Å². The summed E-state index contributed by atoms with van der Waals surface area (Å²) in [6.45, 7) is 8.70. The molecule has 2 rings (SSSR count). The van der Waals surface area contributed by atoms with Gasteiger partial charge in [-0.1, -0.05) is 27.7 Å². The number of Topliss-reactive ketones (excluding diaryl/α,β-unsaturated/α-hetero) is 2. The SMILES string of the molecule is Cc1coc(/C=C(\C#N)C(=O)C(C)(C)Cc2ncc(/C=C(\C#N)C(=O)C(C)C)s2)n1. The molecule has 154 valence electrons. The maximum atomic E-state index is 12.9. The number of hydrogen-bond acceptors (Lipinski definition) is 8. The van der Waals surface area contributed by atoms with Crippen LogP contribution in [0.15, 0.2) is 28.0 Å². The van der Waals surface area contributed by atoms with E-state index in [0.29, 0.717) is 22.0 Å². The Hall–Kier alpha value is -3.36. The van der Waals surface area contributed by atoms with Crippen LogP contribution in [0.4, 0.5) is 0 Å². The van der Waals surface area contributed by atoms with Crippen LogP contribution in [0.25, 0.3) is 12.2 Å². The smallest absolute Gasteiger partial charge is 0.220 e. The van der Waals surface area contributed by atoms with Gasteiger partial charge in [0, 0.05) is 34.9 Å². The number of nitrogens with zero attached hydrogens (tertiary/aromatic N) is 4. The summed E-state index contributed by atoms with van der Waals surface area (Å²) in [7, 11) is 0. The molecular weight excluding hydrogens is 400 g/mol. The highest BCUT2D eigenvalue weighted by Crippen LogP contribution is 2.29. The Morgan fingerprint density at radius 2 is 1.90 bits per heavy atom. The maximum absolute atomic E-state index is 12.9. The van der Waals surface area contributed by atoms with Crippen LogP contribution in [-0.2, 0) is 16.0 Å². The largest absolute Gasteiger partial charge is 0.445 e. The van der Waals surface area contributed by atoms with Gasteiger partial charge in [-0.15, -0.1) is 11.3 Å². The van der Waals surface area contributed by atoms with Crippen LogP contribution in [-0.4, -0.2) is 21.5 Å². The summed E-state index contributed by atoms with van der Waals surface area (Å²) in [5, 5.41) is 19.3. The quantitative estimate of drug-likeness (QED) is 0.459. The maximum Gasteiger partial charge on any atom is 0.220 e. The molecule has 0 radical (unpaired) electrons. The van der Waals surface area contributed by atoms with Gasteiger partial charge in [-0.25, -0.2) is 9.97 Å². The summed E-state index contributed by atoms with van der Waals surface area (Å²) in [4.78, 5) is 34.1. The number of allylic oxidation sites excluding steroid dienone is 2. The average Bonchev–Trinajstić information content (AvgIpc) is 3.30. The molecule has 0 aliphatic heterocycles. The number of carbonyl (C=O) groups is 2. The molecule has 2 heterocycles. The lowest BCUT2D eigenvalue weighted by molar-refractivity contribution is -0.122. The minimum absolute atomic E-state index is 0.0483. The van der Waals surface area contributed by atoms with Gasteiger partial charge in [-0.05, 0) is 13.0 Å². The Bertz CT molecular complexity index is 1100. The summed E-state index contributed by atoms with van der Waals surface area (Å²) in [6, 6.07) is 3.86. The number of hydrogen-bond donors (Lipinski definition) is 0. The molecule has 0 atom stereocenters. The van der Waals surface area contributed by atoms with E-state index in [2.05, 4.69) is 9.97 Å². The van der Waals surface area contributed by atoms with Crippen molar-refractivity contribution >= 4 is 35.1 Å². The summed E-state index contributed by atoms with van der Waals surface area (Å²) in [5.74, 6) is -0.647. The van der Waals surface area contributed by atoms with E-state index in [1.807, 2.05) is 12.1 Å². The minimum atomic E-state index is -0.895. The first-order valence-electron chi connectivity index (χ1n) is 9.27. The predicted molar refractivity (Wildman–Crippen MR) is 113 cm³/mol. The average molecular weight is 423 g/mol. The number of rotatable bonds is 8. The third kappa shape index (κ3) is 5.59. The monoisotopic (exact) mass is 422 g/mol. The fourth-order valence-electron chi connectivity index (χ4n) is 2.62. The number of carbonyl (C=O) groups excluding carboxylic acids is 2. The molecule has 0 aliphatic rings. The lowest BCUT2D eigenvalue weighted by Crippen LogP contribution is -2.28. The lowest BCUT2D eigenvalue weighted by atomic mass is 9.81. The van der Waals surface area contributed by atoms with E-state index >= 15 is 0 Å². The normalized spacial score (nSPS) is 12.5. The van der Waals surface area contributed by atoms with Crippen molar-refractivity contribution in [1.82, 2.24) is 9.97 Å². The van der Waals surface area contributed by atoms with E-state index in [9.17, 15) is 20.1 Å². The number of oxazole rings is 1. The van der Waals surface area contributed by atoms with Gasteiger partial charge in [0.05, 0.1) is 16.3 Å². The predicted octanol–water partition coefficient (Wildman–Crippen LogP) is 4.32. The Kier molecular flexibility index (Phi) is 7.20. The molecule has 2 aromatic rings. The topological polar surface area (TPSA) is 121 Å². The fraction of sp³-hybridized carbons (Fsp3) is 0.364. The van der Waals surface area contributed by atoms with Gasteiger partial charge in [-0.2, -0.15) is 10.5 Å². The Morgan fingerprint density at radius 3 is 2.43 bits per heavy atom. The van der Waals surface area contributed by atoms with Crippen LogP contribution in [0, 0.1) is 40.9 Å². The first-order valence-corrected chi connectivity index (χ1v) is 10.1. The summed E-state index contributed by atoms with van der Waals surface area (Å²) >= 11 is 1.30. The number of nitriles is 2. The van der Waals surface area contributed by atoms with Crippen molar-refractivity contribution in [2.75, 3.05) is 0 Å². The molecule has 0 aliphatic carbocycles.